The molecule has 6 heteroatoms. The SMILES string of the molecule is Nc1onc(-c2coc3ccccc23)c1C(=O)NC1CCC1. The smallest absolute Gasteiger partial charge is 0.259 e. The predicted molar refractivity (Wildman–Crippen MR) is 81.2 cm³/mol. The van der Waals surface area contributed by atoms with Crippen LogP contribution in [-0.4, -0.2) is 17.1 Å². The van der Waals surface area contributed by atoms with Gasteiger partial charge in [-0.2, -0.15) is 0 Å². The fourth-order valence-corrected chi connectivity index (χ4v) is 2.68. The molecule has 22 heavy (non-hydrogen) atoms. The number of nitrogens with two attached hydrogens (primary N) is 1. The number of fused-ring (bicyclic) bond motifs is 1. The predicted octanol–water partition coefficient (Wildman–Crippen LogP) is 2.95. The van der Waals surface area contributed by atoms with E-state index in [0.29, 0.717) is 11.3 Å². The monoisotopic (exact) mass is 297 g/mol. The summed E-state index contributed by atoms with van der Waals surface area (Å²) >= 11 is 0. The molecule has 0 atom stereocenters. The summed E-state index contributed by atoms with van der Waals surface area (Å²) in [6.45, 7) is 0. The van der Waals surface area contributed by atoms with E-state index in [2.05, 4.69) is 10.5 Å². The highest BCUT2D eigenvalue weighted by Gasteiger charge is 2.28. The molecule has 1 aromatic carbocycles. The molecule has 3 N–H and O–H groups in total. The molecule has 1 aliphatic carbocycles. The van der Waals surface area contributed by atoms with Crippen molar-refractivity contribution in [3.8, 4) is 11.3 Å². The number of anilines is 1. The van der Waals surface area contributed by atoms with E-state index in [1.54, 1.807) is 6.26 Å². The van der Waals surface area contributed by atoms with Crippen molar-refractivity contribution in [1.82, 2.24) is 10.5 Å². The molecule has 1 saturated carbocycles. The molecule has 3 aromatic rings. The van der Waals surface area contributed by atoms with Gasteiger partial charge >= 0.3 is 0 Å². The molecule has 2 heterocycles. The highest BCUT2D eigenvalue weighted by atomic mass is 16.5. The Morgan fingerprint density at radius 1 is 1.32 bits per heavy atom. The Hall–Kier alpha value is -2.76. The van der Waals surface area contributed by atoms with Crippen LogP contribution in [0.4, 0.5) is 5.88 Å². The number of benzene rings is 1. The lowest BCUT2D eigenvalue weighted by molar-refractivity contribution is 0.0918. The number of amides is 1. The second-order valence-corrected chi connectivity index (χ2v) is 5.52. The van der Waals surface area contributed by atoms with Crippen LogP contribution in [0, 0.1) is 0 Å². The number of rotatable bonds is 3. The normalized spacial score (nSPS) is 14.9. The lowest BCUT2D eigenvalue weighted by atomic mass is 9.93. The molecule has 0 spiro atoms. The van der Waals surface area contributed by atoms with Gasteiger partial charge in [-0.3, -0.25) is 4.79 Å². The van der Waals surface area contributed by atoms with Gasteiger partial charge in [-0.25, -0.2) is 0 Å². The van der Waals surface area contributed by atoms with Gasteiger partial charge in [-0.15, -0.1) is 0 Å². The number of carbonyl (C=O) groups is 1. The molecule has 0 saturated heterocycles. The molecule has 6 nitrogen and oxygen atoms in total. The zero-order chi connectivity index (χ0) is 15.1. The van der Waals surface area contributed by atoms with Crippen LogP contribution in [0.5, 0.6) is 0 Å². The second-order valence-electron chi connectivity index (χ2n) is 5.52. The Morgan fingerprint density at radius 2 is 2.14 bits per heavy atom. The average molecular weight is 297 g/mol. The summed E-state index contributed by atoms with van der Waals surface area (Å²) in [5, 5.41) is 7.79. The van der Waals surface area contributed by atoms with Gasteiger partial charge in [0.15, 0.2) is 0 Å². The molecule has 0 unspecified atom stereocenters. The van der Waals surface area contributed by atoms with Crippen LogP contribution >= 0.6 is 0 Å². The summed E-state index contributed by atoms with van der Waals surface area (Å²) in [5.41, 5.74) is 7.93. The largest absolute Gasteiger partial charge is 0.464 e. The van der Waals surface area contributed by atoms with E-state index in [0.717, 1.165) is 30.2 Å². The highest BCUT2D eigenvalue weighted by molar-refractivity contribution is 6.07. The first kappa shape index (κ1) is 12.9. The lowest BCUT2D eigenvalue weighted by Gasteiger charge is -2.26. The molecule has 0 radical (unpaired) electrons. The van der Waals surface area contributed by atoms with Crippen molar-refractivity contribution in [2.24, 2.45) is 0 Å². The molecular weight excluding hydrogens is 282 g/mol. The third kappa shape index (κ3) is 1.95. The Morgan fingerprint density at radius 3 is 2.91 bits per heavy atom. The van der Waals surface area contributed by atoms with E-state index >= 15 is 0 Å². The number of nitrogens with zero attached hydrogens (tertiary/aromatic N) is 1. The van der Waals surface area contributed by atoms with Gasteiger partial charge in [0.25, 0.3) is 5.91 Å². The number of hydrogen-bond donors (Lipinski definition) is 2. The van der Waals surface area contributed by atoms with Crippen LogP contribution in [0.2, 0.25) is 0 Å². The van der Waals surface area contributed by atoms with E-state index < -0.39 is 0 Å². The van der Waals surface area contributed by atoms with Crippen LogP contribution in [0.25, 0.3) is 22.2 Å². The topological polar surface area (TPSA) is 94.3 Å². The van der Waals surface area contributed by atoms with Crippen LogP contribution in [0.3, 0.4) is 0 Å². The zero-order valence-corrected chi connectivity index (χ0v) is 11.8. The van der Waals surface area contributed by atoms with E-state index in [9.17, 15) is 4.79 Å². The highest BCUT2D eigenvalue weighted by Crippen LogP contribution is 2.34. The summed E-state index contributed by atoms with van der Waals surface area (Å²) in [6, 6.07) is 7.77. The summed E-state index contributed by atoms with van der Waals surface area (Å²) in [5.74, 6) is -0.221. The van der Waals surface area contributed by atoms with Crippen LogP contribution in [-0.2, 0) is 0 Å². The average Bonchev–Trinajstić information content (AvgIpc) is 3.06. The van der Waals surface area contributed by atoms with E-state index in [-0.39, 0.29) is 23.4 Å². The summed E-state index contributed by atoms with van der Waals surface area (Å²) in [4.78, 5) is 12.5. The number of para-hydroxylation sites is 1. The first-order valence-corrected chi connectivity index (χ1v) is 7.26. The first-order valence-electron chi connectivity index (χ1n) is 7.26. The van der Waals surface area contributed by atoms with E-state index in [1.807, 2.05) is 24.3 Å². The van der Waals surface area contributed by atoms with Crippen molar-refractivity contribution >= 4 is 22.8 Å². The van der Waals surface area contributed by atoms with Gasteiger partial charge in [0.1, 0.15) is 23.1 Å². The van der Waals surface area contributed by atoms with Gasteiger partial charge < -0.3 is 20.0 Å². The fourth-order valence-electron chi connectivity index (χ4n) is 2.68. The maximum atomic E-state index is 12.5. The molecule has 1 amide bonds. The number of aromatic nitrogens is 1. The van der Waals surface area contributed by atoms with Crippen molar-refractivity contribution in [3.05, 3.63) is 36.1 Å². The van der Waals surface area contributed by atoms with Crippen LogP contribution in [0.1, 0.15) is 29.6 Å². The van der Waals surface area contributed by atoms with Crippen molar-refractivity contribution in [2.75, 3.05) is 5.73 Å². The second kappa shape index (κ2) is 4.91. The molecular formula is C16H15N3O3. The summed E-state index contributed by atoms with van der Waals surface area (Å²) in [6.07, 6.45) is 4.72. The maximum Gasteiger partial charge on any atom is 0.259 e. The number of hydrogen-bond acceptors (Lipinski definition) is 5. The van der Waals surface area contributed by atoms with Crippen LogP contribution < -0.4 is 11.1 Å². The molecule has 1 fully saturated rings. The minimum Gasteiger partial charge on any atom is -0.464 e. The Balaban J connectivity index is 1.77. The van der Waals surface area contributed by atoms with Gasteiger partial charge in [-0.05, 0) is 25.3 Å². The fraction of sp³-hybridized carbons (Fsp3) is 0.250. The number of carbonyl (C=O) groups excluding carboxylic acids is 1. The molecule has 1 aliphatic rings. The Bertz CT molecular complexity index is 845. The molecule has 112 valence electrons. The Labute approximate surface area is 126 Å². The van der Waals surface area contributed by atoms with Gasteiger partial charge in [0, 0.05) is 11.4 Å². The molecule has 2 aromatic heterocycles. The summed E-state index contributed by atoms with van der Waals surface area (Å²) in [7, 11) is 0. The molecule has 4 rings (SSSR count). The lowest BCUT2D eigenvalue weighted by Crippen LogP contribution is -2.39. The van der Waals surface area contributed by atoms with E-state index in [1.165, 1.54) is 0 Å². The van der Waals surface area contributed by atoms with Crippen molar-refractivity contribution in [2.45, 2.75) is 25.3 Å². The van der Waals surface area contributed by atoms with Crippen molar-refractivity contribution < 1.29 is 13.7 Å². The number of nitrogen functional groups attached to an aromatic ring is 1. The minimum atomic E-state index is -0.247. The standard InChI is InChI=1S/C16H15N3O3/c17-15-13(16(20)18-9-4-3-5-9)14(19-22-15)11-8-21-12-7-2-1-6-10(11)12/h1-2,6-9H,3-5,17H2,(H,18,20). The third-order valence-corrected chi connectivity index (χ3v) is 4.12. The van der Waals surface area contributed by atoms with Gasteiger partial charge in [-0.1, -0.05) is 23.4 Å². The van der Waals surface area contributed by atoms with Crippen LogP contribution in [0.15, 0.2) is 39.5 Å². The number of furan rings is 1. The van der Waals surface area contributed by atoms with Gasteiger partial charge in [0.2, 0.25) is 5.88 Å². The minimum absolute atomic E-state index is 0.0251. The number of nitrogens with one attached hydrogen (secondary N) is 1. The van der Waals surface area contributed by atoms with Crippen molar-refractivity contribution in [3.63, 3.8) is 0 Å². The van der Waals surface area contributed by atoms with Crippen molar-refractivity contribution in [1.29, 1.82) is 0 Å². The molecule has 0 bridgehead atoms. The quantitative estimate of drug-likeness (QED) is 0.775. The Kier molecular flexibility index (Phi) is 2.89. The maximum absolute atomic E-state index is 12.5. The summed E-state index contributed by atoms with van der Waals surface area (Å²) < 4.78 is 10.6. The van der Waals surface area contributed by atoms with E-state index in [4.69, 9.17) is 14.7 Å². The first-order chi connectivity index (χ1) is 10.7. The van der Waals surface area contributed by atoms with Gasteiger partial charge in [0.05, 0.1) is 5.56 Å². The zero-order valence-electron chi connectivity index (χ0n) is 11.8. The molecule has 0 aliphatic heterocycles. The third-order valence-electron chi connectivity index (χ3n) is 4.12.